The molecule has 6 nitrogen and oxygen atoms in total. The lowest BCUT2D eigenvalue weighted by atomic mass is 10.2. The van der Waals surface area contributed by atoms with Gasteiger partial charge in [-0.1, -0.05) is 18.0 Å². The highest BCUT2D eigenvalue weighted by molar-refractivity contribution is 5.98. The van der Waals surface area contributed by atoms with Crippen molar-refractivity contribution in [1.29, 1.82) is 0 Å². The lowest BCUT2D eigenvalue weighted by Crippen LogP contribution is -2.42. The van der Waals surface area contributed by atoms with Crippen LogP contribution in [0.3, 0.4) is 0 Å². The number of carbonyl (C=O) groups is 1. The van der Waals surface area contributed by atoms with Crippen molar-refractivity contribution < 1.29 is 15.1 Å². The Bertz CT molecular complexity index is 262. The molecule has 6 heteroatoms. The van der Waals surface area contributed by atoms with Gasteiger partial charge in [-0.25, -0.2) is 0 Å². The predicted octanol–water partition coefficient (Wildman–Crippen LogP) is -0.114. The number of nitrogens with two attached hydrogens (primary N) is 1. The van der Waals surface area contributed by atoms with E-state index in [0.717, 1.165) is 25.7 Å². The Morgan fingerprint density at radius 3 is 2.56 bits per heavy atom. The molecule has 0 radical (unpaired) electrons. The molecule has 92 valence electrons. The molecule has 0 unspecified atom stereocenters. The third kappa shape index (κ3) is 3.37. The van der Waals surface area contributed by atoms with Gasteiger partial charge < -0.3 is 20.9 Å². The van der Waals surface area contributed by atoms with Gasteiger partial charge >= 0.3 is 0 Å². The second-order valence-electron chi connectivity index (χ2n) is 4.02. The molecule has 1 saturated carbocycles. The van der Waals surface area contributed by atoms with Crippen LogP contribution >= 0.6 is 0 Å². The molecule has 16 heavy (non-hydrogen) atoms. The van der Waals surface area contributed by atoms with Crippen LogP contribution in [0, 0.1) is 0 Å². The highest BCUT2D eigenvalue weighted by Gasteiger charge is 2.26. The van der Waals surface area contributed by atoms with Gasteiger partial charge in [0.15, 0.2) is 0 Å². The first-order valence-electron chi connectivity index (χ1n) is 5.55. The van der Waals surface area contributed by atoms with E-state index in [1.165, 1.54) is 0 Å². The molecule has 1 amide bonds. The Kier molecular flexibility index (Phi) is 5.04. The average Bonchev–Trinajstić information content (AvgIpc) is 2.78. The lowest BCUT2D eigenvalue weighted by Gasteiger charge is -2.28. The Balaban J connectivity index is 2.57. The van der Waals surface area contributed by atoms with E-state index in [1.807, 2.05) is 0 Å². The number of aliphatic hydroxyl groups excluding tert-OH is 1. The standard InChI is InChI=1S/C10H19N3O3/c11-9(12-16)7-10(15)13(5-6-14)8-3-1-2-4-8/h8,14,16H,1-7H2,(H2,11,12). The summed E-state index contributed by atoms with van der Waals surface area (Å²) in [6.45, 7) is 0.265. The molecule has 0 aliphatic heterocycles. The van der Waals surface area contributed by atoms with Gasteiger partial charge in [-0.3, -0.25) is 4.79 Å². The van der Waals surface area contributed by atoms with Crippen LogP contribution in [0.15, 0.2) is 5.16 Å². The van der Waals surface area contributed by atoms with E-state index in [-0.39, 0.29) is 30.8 Å². The number of aliphatic hydroxyl groups is 1. The first kappa shape index (κ1) is 12.8. The zero-order chi connectivity index (χ0) is 12.0. The molecule has 0 bridgehead atoms. The minimum atomic E-state index is -0.184. The molecule has 1 fully saturated rings. The van der Waals surface area contributed by atoms with Crippen LogP contribution in [0.4, 0.5) is 0 Å². The van der Waals surface area contributed by atoms with Gasteiger partial charge in [-0.2, -0.15) is 0 Å². The zero-order valence-electron chi connectivity index (χ0n) is 9.30. The average molecular weight is 229 g/mol. The first-order chi connectivity index (χ1) is 7.69. The van der Waals surface area contributed by atoms with Crippen LogP contribution in [0.25, 0.3) is 0 Å². The van der Waals surface area contributed by atoms with Crippen LogP contribution in [0.1, 0.15) is 32.1 Å². The molecular formula is C10H19N3O3. The van der Waals surface area contributed by atoms with Crippen molar-refractivity contribution in [1.82, 2.24) is 4.90 Å². The molecule has 4 N–H and O–H groups in total. The molecule has 1 aliphatic carbocycles. The third-order valence-corrected chi connectivity index (χ3v) is 2.89. The maximum Gasteiger partial charge on any atom is 0.230 e. The van der Waals surface area contributed by atoms with E-state index in [2.05, 4.69) is 5.16 Å². The van der Waals surface area contributed by atoms with Crippen LogP contribution in [-0.2, 0) is 4.79 Å². The minimum Gasteiger partial charge on any atom is -0.409 e. The summed E-state index contributed by atoms with van der Waals surface area (Å²) < 4.78 is 0. The highest BCUT2D eigenvalue weighted by Crippen LogP contribution is 2.23. The van der Waals surface area contributed by atoms with Gasteiger partial charge in [0, 0.05) is 12.6 Å². The smallest absolute Gasteiger partial charge is 0.230 e. The second kappa shape index (κ2) is 6.32. The van der Waals surface area contributed by atoms with Crippen LogP contribution < -0.4 is 5.73 Å². The van der Waals surface area contributed by atoms with Gasteiger partial charge in [0.1, 0.15) is 5.84 Å². The summed E-state index contributed by atoms with van der Waals surface area (Å²) in [6, 6.07) is 0.200. The first-order valence-corrected chi connectivity index (χ1v) is 5.55. The van der Waals surface area contributed by atoms with E-state index in [0.29, 0.717) is 6.54 Å². The number of hydrogen-bond acceptors (Lipinski definition) is 4. The maximum absolute atomic E-state index is 11.8. The quantitative estimate of drug-likeness (QED) is 0.265. The molecule has 1 aliphatic rings. The number of oxime groups is 1. The summed E-state index contributed by atoms with van der Waals surface area (Å²) in [6.07, 6.45) is 4.09. The Hall–Kier alpha value is -1.30. The highest BCUT2D eigenvalue weighted by atomic mass is 16.4. The van der Waals surface area contributed by atoms with Crippen LogP contribution in [-0.4, -0.2) is 46.1 Å². The van der Waals surface area contributed by atoms with E-state index >= 15 is 0 Å². The van der Waals surface area contributed by atoms with E-state index < -0.39 is 0 Å². The molecule has 0 spiro atoms. The van der Waals surface area contributed by atoms with Crippen molar-refractivity contribution in [2.45, 2.75) is 38.1 Å². The van der Waals surface area contributed by atoms with E-state index in [4.69, 9.17) is 16.0 Å². The Morgan fingerprint density at radius 1 is 1.44 bits per heavy atom. The summed E-state index contributed by atoms with van der Waals surface area (Å²) in [5.41, 5.74) is 5.30. The topological polar surface area (TPSA) is 99.2 Å². The van der Waals surface area contributed by atoms with Gasteiger partial charge in [0.25, 0.3) is 0 Å². The zero-order valence-corrected chi connectivity index (χ0v) is 9.30. The van der Waals surface area contributed by atoms with E-state index in [1.54, 1.807) is 4.90 Å². The molecular weight excluding hydrogens is 210 g/mol. The predicted molar refractivity (Wildman–Crippen MR) is 59.1 cm³/mol. The largest absolute Gasteiger partial charge is 0.409 e. The summed E-state index contributed by atoms with van der Waals surface area (Å²) in [4.78, 5) is 13.5. The minimum absolute atomic E-state index is 0.0571. The maximum atomic E-state index is 11.8. The normalized spacial score (nSPS) is 17.7. The number of rotatable bonds is 5. The monoisotopic (exact) mass is 229 g/mol. The number of amidine groups is 1. The fraction of sp³-hybridized carbons (Fsp3) is 0.800. The van der Waals surface area contributed by atoms with Crippen molar-refractivity contribution in [3.05, 3.63) is 0 Å². The van der Waals surface area contributed by atoms with Crippen LogP contribution in [0.2, 0.25) is 0 Å². The van der Waals surface area contributed by atoms with Gasteiger partial charge in [0.2, 0.25) is 5.91 Å². The molecule has 0 atom stereocenters. The van der Waals surface area contributed by atoms with Crippen molar-refractivity contribution in [3.8, 4) is 0 Å². The van der Waals surface area contributed by atoms with E-state index in [9.17, 15) is 4.79 Å². The van der Waals surface area contributed by atoms with Crippen molar-refractivity contribution in [2.75, 3.05) is 13.2 Å². The van der Waals surface area contributed by atoms with Gasteiger partial charge in [-0.15, -0.1) is 0 Å². The molecule has 0 heterocycles. The Morgan fingerprint density at radius 2 is 2.06 bits per heavy atom. The second-order valence-corrected chi connectivity index (χ2v) is 4.02. The summed E-state index contributed by atoms with van der Waals surface area (Å²) >= 11 is 0. The molecule has 1 rings (SSSR count). The van der Waals surface area contributed by atoms with Crippen LogP contribution in [0.5, 0.6) is 0 Å². The summed E-state index contributed by atoms with van der Waals surface area (Å²) in [5.74, 6) is -0.276. The molecule has 0 saturated heterocycles. The van der Waals surface area contributed by atoms with Gasteiger partial charge in [-0.05, 0) is 12.8 Å². The van der Waals surface area contributed by atoms with Crippen molar-refractivity contribution in [3.63, 3.8) is 0 Å². The number of carbonyl (C=O) groups excluding carboxylic acids is 1. The SMILES string of the molecule is NC(CC(=O)N(CCO)C1CCCC1)=NO. The molecule has 0 aromatic carbocycles. The third-order valence-electron chi connectivity index (χ3n) is 2.89. The summed E-state index contributed by atoms with van der Waals surface area (Å²) in [5, 5.41) is 20.1. The number of hydrogen-bond donors (Lipinski definition) is 3. The fourth-order valence-electron chi connectivity index (χ4n) is 2.13. The van der Waals surface area contributed by atoms with Crippen molar-refractivity contribution >= 4 is 11.7 Å². The number of amides is 1. The molecule has 0 aromatic rings. The molecule has 0 aromatic heterocycles. The Labute approximate surface area is 94.7 Å². The fourth-order valence-corrected chi connectivity index (χ4v) is 2.13. The number of nitrogens with zero attached hydrogens (tertiary/aromatic N) is 2. The summed E-state index contributed by atoms with van der Waals surface area (Å²) in [7, 11) is 0. The lowest BCUT2D eigenvalue weighted by molar-refractivity contribution is -0.132. The van der Waals surface area contributed by atoms with Gasteiger partial charge in [0.05, 0.1) is 13.0 Å². The van der Waals surface area contributed by atoms with Crippen molar-refractivity contribution in [2.24, 2.45) is 10.9 Å².